The molecule has 1 unspecified atom stereocenters. The van der Waals surface area contributed by atoms with Crippen molar-refractivity contribution < 1.29 is 9.90 Å². The van der Waals surface area contributed by atoms with Gasteiger partial charge in [-0.1, -0.05) is 36.9 Å². The van der Waals surface area contributed by atoms with E-state index in [0.717, 1.165) is 11.1 Å². The number of benzene rings is 1. The lowest BCUT2D eigenvalue weighted by atomic mass is 10.1. The van der Waals surface area contributed by atoms with Gasteiger partial charge in [0.25, 0.3) is 0 Å². The lowest BCUT2D eigenvalue weighted by molar-refractivity contribution is -0.139. The molecule has 0 saturated heterocycles. The molecule has 0 saturated carbocycles. The van der Waals surface area contributed by atoms with Crippen molar-refractivity contribution in [3.05, 3.63) is 60.4 Å². The van der Waals surface area contributed by atoms with Gasteiger partial charge in [-0.2, -0.15) is 5.10 Å². The third-order valence-electron chi connectivity index (χ3n) is 2.73. The predicted molar refractivity (Wildman–Crippen MR) is 72.3 cm³/mol. The van der Waals surface area contributed by atoms with Crippen LogP contribution in [0.2, 0.25) is 0 Å². The number of hydrogen-bond acceptors (Lipinski definition) is 3. The zero-order valence-electron chi connectivity index (χ0n) is 10.4. The van der Waals surface area contributed by atoms with Gasteiger partial charge in [0.2, 0.25) is 0 Å². The first-order valence-corrected chi connectivity index (χ1v) is 5.87. The fraction of sp³-hybridized carbons (Fsp3) is 0.143. The first kappa shape index (κ1) is 13.0. The number of rotatable bonds is 6. The fourth-order valence-electron chi connectivity index (χ4n) is 1.78. The Balaban J connectivity index is 2.06. The number of hydrogen-bond donors (Lipinski definition) is 2. The normalized spacial score (nSPS) is 12.0. The average molecular weight is 257 g/mol. The van der Waals surface area contributed by atoms with Crippen LogP contribution in [0.25, 0.3) is 6.20 Å². The number of carboxylic acid groups (broad SMARTS) is 1. The Morgan fingerprint density at radius 3 is 2.79 bits per heavy atom. The summed E-state index contributed by atoms with van der Waals surface area (Å²) in [6, 6.07) is 8.35. The van der Waals surface area contributed by atoms with Crippen molar-refractivity contribution in [1.82, 2.24) is 15.1 Å². The molecule has 0 aliphatic heterocycles. The summed E-state index contributed by atoms with van der Waals surface area (Å²) in [6.07, 6.45) is 5.05. The maximum atomic E-state index is 11.3. The van der Waals surface area contributed by atoms with E-state index in [-0.39, 0.29) is 0 Å². The van der Waals surface area contributed by atoms with Crippen molar-refractivity contribution in [1.29, 1.82) is 0 Å². The van der Waals surface area contributed by atoms with Crippen LogP contribution in [0.4, 0.5) is 0 Å². The van der Waals surface area contributed by atoms with E-state index in [0.29, 0.717) is 6.54 Å². The van der Waals surface area contributed by atoms with Crippen molar-refractivity contribution in [3.63, 3.8) is 0 Å². The van der Waals surface area contributed by atoms with Crippen LogP contribution >= 0.6 is 0 Å². The quantitative estimate of drug-likeness (QED) is 0.829. The summed E-state index contributed by atoms with van der Waals surface area (Å²) in [4.78, 5) is 11.3. The molecule has 98 valence electrons. The van der Waals surface area contributed by atoms with Crippen LogP contribution in [0.3, 0.4) is 0 Å². The van der Waals surface area contributed by atoms with Gasteiger partial charge in [-0.25, -0.2) is 4.68 Å². The molecule has 1 aromatic carbocycles. The maximum absolute atomic E-state index is 11.3. The molecule has 1 aromatic heterocycles. The lowest BCUT2D eigenvalue weighted by Crippen LogP contribution is -2.27. The number of carboxylic acids is 1. The molecule has 0 spiro atoms. The Kier molecular flexibility index (Phi) is 4.10. The summed E-state index contributed by atoms with van der Waals surface area (Å²) in [5.41, 5.74) is 1.63. The Hall–Kier alpha value is -2.40. The Morgan fingerprint density at radius 2 is 2.21 bits per heavy atom. The van der Waals surface area contributed by atoms with Gasteiger partial charge in [0, 0.05) is 24.5 Å². The molecule has 0 aliphatic carbocycles. The second-order valence-corrected chi connectivity index (χ2v) is 4.07. The van der Waals surface area contributed by atoms with Gasteiger partial charge in [-0.3, -0.25) is 10.1 Å². The van der Waals surface area contributed by atoms with Crippen LogP contribution < -0.4 is 5.32 Å². The molecule has 0 fully saturated rings. The molecule has 2 N–H and O–H groups in total. The highest BCUT2D eigenvalue weighted by Crippen LogP contribution is 2.13. The molecular weight excluding hydrogens is 242 g/mol. The average Bonchev–Trinajstić information content (AvgIpc) is 2.88. The Bertz CT molecular complexity index is 563. The summed E-state index contributed by atoms with van der Waals surface area (Å²) >= 11 is 0. The van der Waals surface area contributed by atoms with Crippen LogP contribution in [0, 0.1) is 0 Å². The summed E-state index contributed by atoms with van der Waals surface area (Å²) in [5, 5.41) is 16.3. The van der Waals surface area contributed by atoms with E-state index in [1.165, 1.54) is 0 Å². The molecule has 1 atom stereocenters. The third kappa shape index (κ3) is 3.29. The first-order valence-electron chi connectivity index (χ1n) is 5.87. The highest BCUT2D eigenvalue weighted by atomic mass is 16.4. The summed E-state index contributed by atoms with van der Waals surface area (Å²) in [6.45, 7) is 4.03. The number of aromatic nitrogens is 2. The predicted octanol–water partition coefficient (Wildman–Crippen LogP) is 1.90. The van der Waals surface area contributed by atoms with Gasteiger partial charge < -0.3 is 5.11 Å². The summed E-state index contributed by atoms with van der Waals surface area (Å²) in [5.74, 6) is -0.901. The minimum Gasteiger partial charge on any atom is -0.480 e. The summed E-state index contributed by atoms with van der Waals surface area (Å²) < 4.78 is 1.58. The zero-order valence-corrected chi connectivity index (χ0v) is 10.4. The molecule has 5 heteroatoms. The lowest BCUT2D eigenvalue weighted by Gasteiger charge is -2.13. The second-order valence-electron chi connectivity index (χ2n) is 4.07. The molecular formula is C14H15N3O2. The fourth-order valence-corrected chi connectivity index (χ4v) is 1.78. The highest BCUT2D eigenvalue weighted by molar-refractivity contribution is 5.75. The first-order chi connectivity index (χ1) is 9.20. The summed E-state index contributed by atoms with van der Waals surface area (Å²) in [7, 11) is 0. The standard InChI is InChI=1S/C14H15N3O2/c1-2-17-10-11(9-16-17)8-15-13(14(18)19)12-6-4-3-5-7-12/h2-7,9-10,13,15H,1,8H2,(H,18,19). The molecule has 2 aromatic rings. The molecule has 0 amide bonds. The number of nitrogens with one attached hydrogen (secondary N) is 1. The zero-order chi connectivity index (χ0) is 13.7. The SMILES string of the molecule is C=Cn1cc(CNC(C(=O)O)c2ccccc2)cn1. The number of aliphatic carboxylic acids is 1. The van der Waals surface area contributed by atoms with Gasteiger partial charge in [0.1, 0.15) is 6.04 Å². The van der Waals surface area contributed by atoms with Crippen LogP contribution in [-0.2, 0) is 11.3 Å². The van der Waals surface area contributed by atoms with E-state index in [1.54, 1.807) is 35.4 Å². The minimum atomic E-state index is -0.901. The van der Waals surface area contributed by atoms with Crippen LogP contribution in [-0.4, -0.2) is 20.9 Å². The molecule has 19 heavy (non-hydrogen) atoms. The molecule has 1 heterocycles. The van der Waals surface area contributed by atoms with Gasteiger partial charge in [0.15, 0.2) is 0 Å². The Labute approximate surface area is 111 Å². The molecule has 2 rings (SSSR count). The monoisotopic (exact) mass is 257 g/mol. The topological polar surface area (TPSA) is 67.2 Å². The van der Waals surface area contributed by atoms with E-state index in [2.05, 4.69) is 17.0 Å². The minimum absolute atomic E-state index is 0.430. The van der Waals surface area contributed by atoms with Gasteiger partial charge >= 0.3 is 5.97 Å². The van der Waals surface area contributed by atoms with E-state index in [1.807, 2.05) is 18.2 Å². The number of carbonyl (C=O) groups is 1. The largest absolute Gasteiger partial charge is 0.480 e. The third-order valence-corrected chi connectivity index (χ3v) is 2.73. The van der Waals surface area contributed by atoms with Crippen molar-refractivity contribution in [3.8, 4) is 0 Å². The number of nitrogens with zero attached hydrogens (tertiary/aromatic N) is 2. The van der Waals surface area contributed by atoms with E-state index in [9.17, 15) is 9.90 Å². The molecule has 0 radical (unpaired) electrons. The van der Waals surface area contributed by atoms with Crippen LogP contribution in [0.1, 0.15) is 17.2 Å². The van der Waals surface area contributed by atoms with Gasteiger partial charge in [0.05, 0.1) is 6.20 Å². The van der Waals surface area contributed by atoms with Crippen molar-refractivity contribution in [2.45, 2.75) is 12.6 Å². The molecule has 0 aliphatic rings. The van der Waals surface area contributed by atoms with Crippen molar-refractivity contribution in [2.75, 3.05) is 0 Å². The maximum Gasteiger partial charge on any atom is 0.325 e. The van der Waals surface area contributed by atoms with Crippen molar-refractivity contribution >= 4 is 12.2 Å². The highest BCUT2D eigenvalue weighted by Gasteiger charge is 2.18. The smallest absolute Gasteiger partial charge is 0.325 e. The van der Waals surface area contributed by atoms with E-state index < -0.39 is 12.0 Å². The van der Waals surface area contributed by atoms with Crippen molar-refractivity contribution in [2.24, 2.45) is 0 Å². The molecule has 5 nitrogen and oxygen atoms in total. The van der Waals surface area contributed by atoms with Crippen LogP contribution in [0.15, 0.2) is 49.3 Å². The Morgan fingerprint density at radius 1 is 1.47 bits per heavy atom. The second kappa shape index (κ2) is 5.97. The van der Waals surface area contributed by atoms with Gasteiger partial charge in [-0.15, -0.1) is 0 Å². The van der Waals surface area contributed by atoms with E-state index >= 15 is 0 Å². The van der Waals surface area contributed by atoms with E-state index in [4.69, 9.17) is 0 Å². The van der Waals surface area contributed by atoms with Gasteiger partial charge in [-0.05, 0) is 5.56 Å². The molecule has 0 bridgehead atoms. The van der Waals surface area contributed by atoms with Crippen LogP contribution in [0.5, 0.6) is 0 Å².